The number of nitrogens with zero attached hydrogens (tertiary/aromatic N) is 1. The molecule has 0 saturated carbocycles. The molecule has 0 radical (unpaired) electrons. The number of carbonyl (C=O) groups excluding carboxylic acids is 2. The lowest BCUT2D eigenvalue weighted by molar-refractivity contribution is -0.140. The van der Waals surface area contributed by atoms with E-state index in [-0.39, 0.29) is 11.3 Å². The van der Waals surface area contributed by atoms with Crippen LogP contribution in [0.5, 0.6) is 0 Å². The first-order chi connectivity index (χ1) is 14.0. The second-order valence-corrected chi connectivity index (χ2v) is 8.27. The summed E-state index contributed by atoms with van der Waals surface area (Å²) in [5.74, 6) is -1.35. The molecule has 0 aliphatic carbocycles. The van der Waals surface area contributed by atoms with Crippen LogP contribution in [0, 0.1) is 13.8 Å². The quantitative estimate of drug-likeness (QED) is 0.379. The standard InChI is InChI=1S/C24H21NO3S/c1-15-10-11-16(2)19(13-15)22(26)20-21(17-7-4-3-5-8-17)25(24(28)23(20)27)14-18-9-6-12-29-18/h3-13,21,26H,14H2,1-2H3/b22-20+. The lowest BCUT2D eigenvalue weighted by atomic mass is 9.93. The van der Waals surface area contributed by atoms with Gasteiger partial charge in [-0.15, -0.1) is 11.3 Å². The Morgan fingerprint density at radius 2 is 1.79 bits per heavy atom. The number of aliphatic hydroxyl groups excluding tert-OH is 1. The number of hydrogen-bond donors (Lipinski definition) is 1. The monoisotopic (exact) mass is 403 g/mol. The highest BCUT2D eigenvalue weighted by Gasteiger charge is 2.46. The van der Waals surface area contributed by atoms with Crippen LogP contribution in [0.25, 0.3) is 5.76 Å². The van der Waals surface area contributed by atoms with Crippen LogP contribution >= 0.6 is 11.3 Å². The van der Waals surface area contributed by atoms with Gasteiger partial charge in [-0.1, -0.05) is 54.1 Å². The Morgan fingerprint density at radius 1 is 1.03 bits per heavy atom. The SMILES string of the molecule is Cc1ccc(C)c(/C(O)=C2\C(=O)C(=O)N(Cc3cccs3)C2c2ccccc2)c1. The maximum atomic E-state index is 13.0. The number of aliphatic hydroxyl groups is 1. The van der Waals surface area contributed by atoms with Gasteiger partial charge in [-0.05, 0) is 42.5 Å². The molecule has 1 atom stereocenters. The fourth-order valence-corrected chi connectivity index (χ4v) is 4.43. The normalized spacial score (nSPS) is 18.4. The van der Waals surface area contributed by atoms with Gasteiger partial charge in [0.25, 0.3) is 11.7 Å². The van der Waals surface area contributed by atoms with E-state index in [4.69, 9.17) is 0 Å². The van der Waals surface area contributed by atoms with Crippen molar-refractivity contribution in [3.8, 4) is 0 Å². The molecular weight excluding hydrogens is 382 g/mol. The molecule has 2 heterocycles. The lowest BCUT2D eigenvalue weighted by Gasteiger charge is -2.25. The van der Waals surface area contributed by atoms with Gasteiger partial charge in [0.1, 0.15) is 5.76 Å². The van der Waals surface area contributed by atoms with Crippen LogP contribution in [0.15, 0.2) is 71.6 Å². The Kier molecular flexibility index (Phi) is 5.07. The fraction of sp³-hybridized carbons (Fsp3) is 0.167. The van der Waals surface area contributed by atoms with E-state index in [9.17, 15) is 14.7 Å². The van der Waals surface area contributed by atoms with Crippen LogP contribution in [0.4, 0.5) is 0 Å². The van der Waals surface area contributed by atoms with E-state index in [2.05, 4.69) is 0 Å². The molecule has 1 fully saturated rings. The highest BCUT2D eigenvalue weighted by Crippen LogP contribution is 2.41. The van der Waals surface area contributed by atoms with Gasteiger partial charge in [0, 0.05) is 10.4 Å². The summed E-state index contributed by atoms with van der Waals surface area (Å²) in [6, 6.07) is 18.3. The van der Waals surface area contributed by atoms with Crippen molar-refractivity contribution in [1.29, 1.82) is 0 Å². The highest BCUT2D eigenvalue weighted by molar-refractivity contribution is 7.09. The number of benzene rings is 2. The molecule has 1 N–H and O–H groups in total. The second kappa shape index (κ2) is 7.68. The first-order valence-corrected chi connectivity index (χ1v) is 10.3. The van der Waals surface area contributed by atoms with Gasteiger partial charge >= 0.3 is 0 Å². The third-order valence-corrected chi connectivity index (χ3v) is 6.07. The average molecular weight is 404 g/mol. The molecule has 146 valence electrons. The maximum Gasteiger partial charge on any atom is 0.295 e. The number of aryl methyl sites for hydroxylation is 2. The summed E-state index contributed by atoms with van der Waals surface area (Å²) in [5.41, 5.74) is 3.35. The first-order valence-electron chi connectivity index (χ1n) is 9.40. The zero-order valence-corrected chi connectivity index (χ0v) is 17.1. The van der Waals surface area contributed by atoms with E-state index in [0.717, 1.165) is 21.6 Å². The van der Waals surface area contributed by atoms with Crippen LogP contribution in [0.1, 0.15) is 33.2 Å². The molecule has 4 nitrogen and oxygen atoms in total. The van der Waals surface area contributed by atoms with Gasteiger partial charge in [-0.25, -0.2) is 0 Å². The fourth-order valence-electron chi connectivity index (χ4n) is 3.73. The minimum atomic E-state index is -0.645. The van der Waals surface area contributed by atoms with Gasteiger partial charge in [0.2, 0.25) is 0 Å². The summed E-state index contributed by atoms with van der Waals surface area (Å²) < 4.78 is 0. The van der Waals surface area contributed by atoms with Gasteiger partial charge in [0.15, 0.2) is 0 Å². The topological polar surface area (TPSA) is 57.6 Å². The summed E-state index contributed by atoms with van der Waals surface area (Å²) in [6.45, 7) is 4.14. The van der Waals surface area contributed by atoms with E-state index in [0.29, 0.717) is 12.1 Å². The Hall–Kier alpha value is -3.18. The predicted molar refractivity (Wildman–Crippen MR) is 115 cm³/mol. The Bertz CT molecular complexity index is 1100. The average Bonchev–Trinajstić information content (AvgIpc) is 3.32. The number of hydrogen-bond acceptors (Lipinski definition) is 4. The smallest absolute Gasteiger partial charge is 0.295 e. The van der Waals surface area contributed by atoms with Crippen LogP contribution < -0.4 is 0 Å². The van der Waals surface area contributed by atoms with Crippen molar-refractivity contribution in [2.75, 3.05) is 0 Å². The molecular formula is C24H21NO3S. The third kappa shape index (κ3) is 3.49. The second-order valence-electron chi connectivity index (χ2n) is 7.24. The van der Waals surface area contributed by atoms with Gasteiger partial charge in [-0.3, -0.25) is 9.59 Å². The van der Waals surface area contributed by atoms with Gasteiger partial charge in [-0.2, -0.15) is 0 Å². The molecule has 1 amide bonds. The van der Waals surface area contributed by atoms with Crippen molar-refractivity contribution in [2.24, 2.45) is 0 Å². The van der Waals surface area contributed by atoms with Gasteiger partial charge < -0.3 is 10.0 Å². The zero-order valence-electron chi connectivity index (χ0n) is 16.3. The van der Waals surface area contributed by atoms with E-state index in [1.807, 2.05) is 79.9 Å². The van der Waals surface area contributed by atoms with E-state index < -0.39 is 17.7 Å². The van der Waals surface area contributed by atoms with E-state index >= 15 is 0 Å². The van der Waals surface area contributed by atoms with Crippen LogP contribution in [0.3, 0.4) is 0 Å². The molecule has 2 aromatic carbocycles. The Labute approximate surface area is 173 Å². The number of amides is 1. The summed E-state index contributed by atoms with van der Waals surface area (Å²) >= 11 is 1.54. The minimum absolute atomic E-state index is 0.118. The summed E-state index contributed by atoms with van der Waals surface area (Å²) in [7, 11) is 0. The third-order valence-electron chi connectivity index (χ3n) is 5.21. The molecule has 1 aromatic heterocycles. The van der Waals surface area contributed by atoms with Crippen LogP contribution in [-0.4, -0.2) is 21.7 Å². The number of Topliss-reactive ketones (excluding diaryl/α,β-unsaturated/α-hetero) is 1. The van der Waals surface area contributed by atoms with Crippen molar-refractivity contribution in [3.05, 3.63) is 98.7 Å². The maximum absolute atomic E-state index is 13.0. The number of rotatable bonds is 4. The van der Waals surface area contributed by atoms with Crippen molar-refractivity contribution in [1.82, 2.24) is 4.90 Å². The van der Waals surface area contributed by atoms with Crippen molar-refractivity contribution >= 4 is 28.8 Å². The first kappa shape index (κ1) is 19.2. The Morgan fingerprint density at radius 3 is 2.48 bits per heavy atom. The largest absolute Gasteiger partial charge is 0.507 e. The van der Waals surface area contributed by atoms with Crippen LogP contribution in [-0.2, 0) is 16.1 Å². The number of carbonyl (C=O) groups is 2. The molecule has 4 rings (SSSR count). The number of likely N-dealkylation sites (tertiary alicyclic amines) is 1. The van der Waals surface area contributed by atoms with Crippen LogP contribution in [0.2, 0.25) is 0 Å². The summed E-state index contributed by atoms with van der Waals surface area (Å²) in [6.07, 6.45) is 0. The molecule has 1 aliphatic heterocycles. The minimum Gasteiger partial charge on any atom is -0.507 e. The van der Waals surface area contributed by atoms with Crippen molar-refractivity contribution in [3.63, 3.8) is 0 Å². The summed E-state index contributed by atoms with van der Waals surface area (Å²) in [4.78, 5) is 28.5. The number of thiophene rings is 1. The molecule has 3 aromatic rings. The molecule has 5 heteroatoms. The zero-order chi connectivity index (χ0) is 20.5. The van der Waals surface area contributed by atoms with Gasteiger partial charge in [0.05, 0.1) is 18.2 Å². The predicted octanol–water partition coefficient (Wildman–Crippen LogP) is 4.99. The molecule has 1 aliphatic rings. The highest BCUT2D eigenvalue weighted by atomic mass is 32.1. The Balaban J connectivity index is 1.90. The molecule has 0 bridgehead atoms. The molecule has 1 unspecified atom stereocenters. The van der Waals surface area contributed by atoms with E-state index in [1.54, 1.807) is 4.90 Å². The number of ketones is 1. The van der Waals surface area contributed by atoms with Crippen molar-refractivity contribution in [2.45, 2.75) is 26.4 Å². The molecule has 1 saturated heterocycles. The molecule has 0 spiro atoms. The lowest BCUT2D eigenvalue weighted by Crippen LogP contribution is -2.28. The van der Waals surface area contributed by atoms with E-state index in [1.165, 1.54) is 11.3 Å². The van der Waals surface area contributed by atoms with Crippen molar-refractivity contribution < 1.29 is 14.7 Å². The summed E-state index contributed by atoms with van der Waals surface area (Å²) in [5, 5.41) is 13.1. The molecule has 29 heavy (non-hydrogen) atoms.